The predicted octanol–water partition coefficient (Wildman–Crippen LogP) is 5.15. The van der Waals surface area contributed by atoms with E-state index in [0.717, 1.165) is 66.7 Å². The maximum absolute atomic E-state index is 12.8. The van der Waals surface area contributed by atoms with Crippen LogP contribution in [0.2, 0.25) is 5.02 Å². The van der Waals surface area contributed by atoms with Crippen LogP contribution in [0.4, 0.5) is 0 Å². The molecule has 0 bridgehead atoms. The summed E-state index contributed by atoms with van der Waals surface area (Å²) in [4.78, 5) is 17.4. The van der Waals surface area contributed by atoms with Gasteiger partial charge in [-0.3, -0.25) is 9.78 Å². The van der Waals surface area contributed by atoms with E-state index in [-0.39, 0.29) is 5.91 Å². The maximum Gasteiger partial charge on any atom is 0.255 e. The molecule has 0 spiro atoms. The van der Waals surface area contributed by atoms with Gasteiger partial charge in [-0.05, 0) is 61.1 Å². The number of amides is 1. The summed E-state index contributed by atoms with van der Waals surface area (Å²) in [6.45, 7) is 4.08. The van der Waals surface area contributed by atoms with E-state index in [1.54, 1.807) is 18.2 Å². The average Bonchev–Trinajstić information content (AvgIpc) is 3.20. The summed E-state index contributed by atoms with van der Waals surface area (Å²) in [5.74, 6) is 0.379. The maximum atomic E-state index is 12.8. The topological polar surface area (TPSA) is 87.6 Å². The van der Waals surface area contributed by atoms with Gasteiger partial charge in [0.05, 0.1) is 23.6 Å². The van der Waals surface area contributed by atoms with E-state index >= 15 is 0 Å². The van der Waals surface area contributed by atoms with Crippen LogP contribution in [0.5, 0.6) is 5.75 Å². The Bertz CT molecular complexity index is 1180. The van der Waals surface area contributed by atoms with E-state index < -0.39 is 0 Å². The van der Waals surface area contributed by atoms with Crippen LogP contribution >= 0.6 is 11.6 Å². The van der Waals surface area contributed by atoms with Crippen molar-refractivity contribution < 1.29 is 9.53 Å². The molecular formula is C28H32ClN5O2. The molecule has 0 atom stereocenters. The number of benzene rings is 2. The Labute approximate surface area is 217 Å². The van der Waals surface area contributed by atoms with E-state index in [1.807, 2.05) is 12.3 Å². The second kappa shape index (κ2) is 13.0. The molecule has 7 nitrogen and oxygen atoms in total. The smallest absolute Gasteiger partial charge is 0.255 e. The molecule has 0 saturated carbocycles. The van der Waals surface area contributed by atoms with Crippen molar-refractivity contribution in [2.24, 2.45) is 5.10 Å². The van der Waals surface area contributed by atoms with Gasteiger partial charge in [-0.2, -0.15) is 5.10 Å². The molecule has 1 aliphatic rings. The molecule has 0 aliphatic carbocycles. The molecule has 3 aromatic rings. The highest BCUT2D eigenvalue weighted by molar-refractivity contribution is 6.31. The molecule has 2 heterocycles. The van der Waals surface area contributed by atoms with Crippen molar-refractivity contribution in [1.29, 1.82) is 0 Å². The fraction of sp³-hybridized carbons (Fsp3) is 0.321. The number of carbonyl (C=O) groups excluding carboxylic acids is 1. The first-order valence-corrected chi connectivity index (χ1v) is 12.8. The van der Waals surface area contributed by atoms with Gasteiger partial charge in [-0.15, -0.1) is 0 Å². The van der Waals surface area contributed by atoms with Gasteiger partial charge in [0.15, 0.2) is 0 Å². The number of aromatic nitrogens is 1. The number of hydrazine groups is 1. The molecular weight excluding hydrogens is 474 g/mol. The van der Waals surface area contributed by atoms with Crippen LogP contribution in [0, 0.1) is 0 Å². The number of pyridine rings is 1. The lowest BCUT2D eigenvalue weighted by molar-refractivity contribution is 0.0950. The minimum atomic E-state index is -0.184. The van der Waals surface area contributed by atoms with Crippen molar-refractivity contribution in [2.45, 2.75) is 39.0 Å². The molecule has 0 fully saturated rings. The molecule has 1 aliphatic heterocycles. The minimum Gasteiger partial charge on any atom is -0.493 e. The van der Waals surface area contributed by atoms with Gasteiger partial charge in [0.25, 0.3) is 5.91 Å². The van der Waals surface area contributed by atoms with Crippen molar-refractivity contribution in [3.05, 3.63) is 82.6 Å². The van der Waals surface area contributed by atoms with Gasteiger partial charge in [0.2, 0.25) is 0 Å². The Morgan fingerprint density at radius 2 is 1.94 bits per heavy atom. The van der Waals surface area contributed by atoms with Gasteiger partial charge in [0.1, 0.15) is 5.75 Å². The largest absolute Gasteiger partial charge is 0.493 e. The number of nitrogens with one attached hydrogen (secondary N) is 3. The van der Waals surface area contributed by atoms with Gasteiger partial charge in [-0.25, -0.2) is 11.0 Å². The quantitative estimate of drug-likeness (QED) is 0.332. The Morgan fingerprint density at radius 3 is 2.72 bits per heavy atom. The number of unbranched alkanes of at least 4 members (excludes halogenated alkanes) is 1. The van der Waals surface area contributed by atoms with E-state index in [4.69, 9.17) is 16.3 Å². The monoisotopic (exact) mass is 505 g/mol. The third-order valence-electron chi connectivity index (χ3n) is 5.97. The zero-order valence-corrected chi connectivity index (χ0v) is 21.3. The van der Waals surface area contributed by atoms with Crippen LogP contribution in [0.1, 0.15) is 54.2 Å². The highest BCUT2D eigenvalue weighted by atomic mass is 35.5. The van der Waals surface area contributed by atoms with Crippen LogP contribution in [0.3, 0.4) is 0 Å². The Hall–Kier alpha value is -3.42. The van der Waals surface area contributed by atoms with Crippen molar-refractivity contribution in [3.63, 3.8) is 0 Å². The van der Waals surface area contributed by atoms with Crippen LogP contribution in [0.25, 0.3) is 11.1 Å². The molecule has 0 radical (unpaired) electrons. The minimum absolute atomic E-state index is 0.184. The Balaban J connectivity index is 1.31. The molecule has 0 saturated heterocycles. The molecule has 36 heavy (non-hydrogen) atoms. The molecule has 188 valence electrons. The van der Waals surface area contributed by atoms with Crippen LogP contribution < -0.4 is 21.0 Å². The molecule has 1 aromatic heterocycles. The first kappa shape index (κ1) is 25.7. The van der Waals surface area contributed by atoms with E-state index in [1.165, 1.54) is 0 Å². The average molecular weight is 506 g/mol. The lowest BCUT2D eigenvalue weighted by atomic mass is 10.0. The van der Waals surface area contributed by atoms with E-state index in [9.17, 15) is 4.79 Å². The highest BCUT2D eigenvalue weighted by Gasteiger charge is 2.13. The SMILES string of the molecule is CCCCOc1ccc(Cl)cc1C(=O)NCCc1ccc(-c2ccc(C3=NNNCCC3)nc2)cc1. The van der Waals surface area contributed by atoms with Crippen molar-refractivity contribution in [2.75, 3.05) is 19.7 Å². The van der Waals surface area contributed by atoms with Crippen molar-refractivity contribution in [1.82, 2.24) is 21.3 Å². The predicted molar refractivity (Wildman–Crippen MR) is 144 cm³/mol. The summed E-state index contributed by atoms with van der Waals surface area (Å²) >= 11 is 6.12. The normalized spacial score (nSPS) is 13.3. The fourth-order valence-corrected chi connectivity index (χ4v) is 4.07. The van der Waals surface area contributed by atoms with E-state index in [0.29, 0.717) is 29.5 Å². The van der Waals surface area contributed by atoms with Crippen LogP contribution in [-0.4, -0.2) is 36.3 Å². The number of hydrogen-bond acceptors (Lipinski definition) is 6. The number of hydrazone groups is 1. The molecule has 2 aromatic carbocycles. The number of halogens is 1. The Morgan fingerprint density at radius 1 is 1.11 bits per heavy atom. The second-order valence-electron chi connectivity index (χ2n) is 8.68. The van der Waals surface area contributed by atoms with Gasteiger partial charge < -0.3 is 10.1 Å². The summed E-state index contributed by atoms with van der Waals surface area (Å²) in [5, 5.41) is 7.84. The fourth-order valence-electron chi connectivity index (χ4n) is 3.90. The second-order valence-corrected chi connectivity index (χ2v) is 9.11. The van der Waals surface area contributed by atoms with E-state index in [2.05, 4.69) is 63.6 Å². The first-order valence-electron chi connectivity index (χ1n) is 12.4. The van der Waals surface area contributed by atoms with Crippen molar-refractivity contribution in [3.8, 4) is 16.9 Å². The van der Waals surface area contributed by atoms with Gasteiger partial charge >= 0.3 is 0 Å². The molecule has 3 N–H and O–H groups in total. The van der Waals surface area contributed by atoms with Crippen LogP contribution in [0.15, 0.2) is 65.9 Å². The zero-order valence-electron chi connectivity index (χ0n) is 20.5. The van der Waals surface area contributed by atoms with Gasteiger partial charge in [0, 0.05) is 29.9 Å². The van der Waals surface area contributed by atoms with Gasteiger partial charge in [-0.1, -0.05) is 55.3 Å². The third-order valence-corrected chi connectivity index (χ3v) is 6.21. The number of carbonyl (C=O) groups is 1. The number of ether oxygens (including phenoxy) is 1. The standard InChI is InChI=1S/C28H32ClN5O2/c1-2-3-17-36-27-13-11-23(29)18-24(27)28(35)30-16-14-20-6-8-21(9-7-20)22-10-12-25(31-19-22)26-5-4-15-32-34-33-26/h6-13,18-19,32,34H,2-5,14-17H2,1H3,(H,30,35). The number of hydrogen-bond donors (Lipinski definition) is 3. The number of nitrogens with zero attached hydrogens (tertiary/aromatic N) is 2. The molecule has 8 heteroatoms. The van der Waals surface area contributed by atoms with Crippen molar-refractivity contribution >= 4 is 23.2 Å². The Kier molecular flexibility index (Phi) is 9.30. The lowest BCUT2D eigenvalue weighted by Crippen LogP contribution is -2.26. The zero-order chi connectivity index (χ0) is 25.2. The molecule has 1 amide bonds. The summed E-state index contributed by atoms with van der Waals surface area (Å²) in [7, 11) is 0. The van der Waals surface area contributed by atoms with Crippen LogP contribution in [-0.2, 0) is 6.42 Å². The third kappa shape index (κ3) is 7.06. The number of rotatable bonds is 10. The highest BCUT2D eigenvalue weighted by Crippen LogP contribution is 2.24. The summed E-state index contributed by atoms with van der Waals surface area (Å²) < 4.78 is 5.78. The lowest BCUT2D eigenvalue weighted by Gasteiger charge is -2.12. The molecule has 0 unspecified atom stereocenters. The summed E-state index contributed by atoms with van der Waals surface area (Å²) in [6, 6.07) is 17.6. The summed E-state index contributed by atoms with van der Waals surface area (Å²) in [6.07, 6.45) is 6.48. The summed E-state index contributed by atoms with van der Waals surface area (Å²) in [5.41, 5.74) is 11.5. The first-order chi connectivity index (χ1) is 17.6. The molecule has 4 rings (SSSR count).